The monoisotopic (exact) mass is 362 g/mol. The Morgan fingerprint density at radius 2 is 1.67 bits per heavy atom. The summed E-state index contributed by atoms with van der Waals surface area (Å²) >= 11 is 0. The fourth-order valence-corrected chi connectivity index (χ4v) is 3.50. The molecule has 1 unspecified atom stereocenters. The van der Waals surface area contributed by atoms with Crippen molar-refractivity contribution in [2.24, 2.45) is 7.05 Å². The van der Waals surface area contributed by atoms with E-state index in [-0.39, 0.29) is 11.6 Å². The van der Waals surface area contributed by atoms with Gasteiger partial charge in [-0.3, -0.25) is 19.3 Å². The highest BCUT2D eigenvalue weighted by molar-refractivity contribution is 5.60. The van der Waals surface area contributed by atoms with E-state index in [9.17, 15) is 4.79 Å². The molecular formula is C20H22N6O. The molecule has 0 amide bonds. The Morgan fingerprint density at radius 1 is 1.00 bits per heavy atom. The van der Waals surface area contributed by atoms with Crippen LogP contribution in [0.3, 0.4) is 0 Å². The average Bonchev–Trinajstić information content (AvgIpc) is 2.71. The van der Waals surface area contributed by atoms with E-state index in [0.29, 0.717) is 11.6 Å². The lowest BCUT2D eigenvalue weighted by Gasteiger charge is -2.41. The van der Waals surface area contributed by atoms with Gasteiger partial charge in [0.1, 0.15) is 0 Å². The Balaban J connectivity index is 1.64. The maximum Gasteiger partial charge on any atom is 0.255 e. The molecule has 4 rings (SSSR count). The smallest absolute Gasteiger partial charge is 0.255 e. The SMILES string of the molecule is CC1CN(c2ccncc2)CCN1c1nc(-c2ccncc2)cc(=O)n1C. The van der Waals surface area contributed by atoms with Gasteiger partial charge in [-0.15, -0.1) is 0 Å². The number of nitrogens with zero attached hydrogens (tertiary/aromatic N) is 6. The second-order valence-corrected chi connectivity index (χ2v) is 6.77. The van der Waals surface area contributed by atoms with Crippen LogP contribution in [-0.4, -0.2) is 45.2 Å². The van der Waals surface area contributed by atoms with Crippen molar-refractivity contribution in [2.45, 2.75) is 13.0 Å². The lowest BCUT2D eigenvalue weighted by molar-refractivity contribution is 0.529. The fraction of sp³-hybridized carbons (Fsp3) is 0.300. The zero-order valence-electron chi connectivity index (χ0n) is 15.5. The number of hydrogen-bond donors (Lipinski definition) is 0. The third-order valence-electron chi connectivity index (χ3n) is 5.00. The molecular weight excluding hydrogens is 340 g/mol. The van der Waals surface area contributed by atoms with E-state index in [4.69, 9.17) is 4.98 Å². The summed E-state index contributed by atoms with van der Waals surface area (Å²) in [6.07, 6.45) is 7.06. The molecule has 0 aliphatic carbocycles. The van der Waals surface area contributed by atoms with Gasteiger partial charge in [0.2, 0.25) is 5.95 Å². The lowest BCUT2D eigenvalue weighted by atomic mass is 10.1. The number of pyridine rings is 2. The predicted molar refractivity (Wildman–Crippen MR) is 106 cm³/mol. The van der Waals surface area contributed by atoms with Crippen molar-refractivity contribution in [3.05, 3.63) is 65.5 Å². The van der Waals surface area contributed by atoms with Gasteiger partial charge in [0.05, 0.1) is 5.69 Å². The Bertz CT molecular complexity index is 973. The minimum atomic E-state index is -0.0597. The second kappa shape index (κ2) is 7.19. The standard InChI is InChI=1S/C20H22N6O/c1-15-14-25(17-5-9-22-10-6-17)11-12-26(15)20-23-18(13-19(27)24(20)2)16-3-7-21-8-4-16/h3-10,13,15H,11-12,14H2,1-2H3. The van der Waals surface area contributed by atoms with E-state index >= 15 is 0 Å². The average molecular weight is 362 g/mol. The molecule has 0 radical (unpaired) electrons. The summed E-state index contributed by atoms with van der Waals surface area (Å²) in [7, 11) is 1.78. The summed E-state index contributed by atoms with van der Waals surface area (Å²) in [4.78, 5) is 30.0. The predicted octanol–water partition coefficient (Wildman–Crippen LogP) is 1.95. The fourth-order valence-electron chi connectivity index (χ4n) is 3.50. The van der Waals surface area contributed by atoms with Gasteiger partial charge >= 0.3 is 0 Å². The molecule has 1 saturated heterocycles. The lowest BCUT2D eigenvalue weighted by Crippen LogP contribution is -2.53. The van der Waals surface area contributed by atoms with Crippen LogP contribution in [0.2, 0.25) is 0 Å². The molecule has 7 heteroatoms. The Morgan fingerprint density at radius 3 is 2.33 bits per heavy atom. The van der Waals surface area contributed by atoms with Crippen molar-refractivity contribution in [3.63, 3.8) is 0 Å². The zero-order chi connectivity index (χ0) is 18.8. The quantitative estimate of drug-likeness (QED) is 0.709. The zero-order valence-corrected chi connectivity index (χ0v) is 15.5. The molecule has 0 bridgehead atoms. The normalized spacial score (nSPS) is 17.2. The number of anilines is 2. The van der Waals surface area contributed by atoms with Crippen molar-refractivity contribution in [1.29, 1.82) is 0 Å². The van der Waals surface area contributed by atoms with E-state index < -0.39 is 0 Å². The van der Waals surface area contributed by atoms with Gasteiger partial charge < -0.3 is 9.80 Å². The molecule has 138 valence electrons. The van der Waals surface area contributed by atoms with Crippen LogP contribution in [0.25, 0.3) is 11.3 Å². The first-order valence-electron chi connectivity index (χ1n) is 9.03. The van der Waals surface area contributed by atoms with Crippen molar-refractivity contribution >= 4 is 11.6 Å². The molecule has 27 heavy (non-hydrogen) atoms. The van der Waals surface area contributed by atoms with E-state index in [2.05, 4.69) is 26.7 Å². The minimum absolute atomic E-state index is 0.0597. The van der Waals surface area contributed by atoms with Gasteiger partial charge in [0.25, 0.3) is 5.56 Å². The van der Waals surface area contributed by atoms with Crippen molar-refractivity contribution < 1.29 is 0 Å². The highest BCUT2D eigenvalue weighted by atomic mass is 16.1. The molecule has 1 aliphatic rings. The molecule has 1 fully saturated rings. The topological polar surface area (TPSA) is 67.2 Å². The number of aromatic nitrogens is 4. The second-order valence-electron chi connectivity index (χ2n) is 6.77. The van der Waals surface area contributed by atoms with E-state index in [1.54, 1.807) is 30.1 Å². The number of hydrogen-bond acceptors (Lipinski definition) is 6. The molecule has 3 aromatic heterocycles. The largest absolute Gasteiger partial charge is 0.368 e. The van der Waals surface area contributed by atoms with Gasteiger partial charge in [-0.05, 0) is 31.2 Å². The summed E-state index contributed by atoms with van der Waals surface area (Å²) < 4.78 is 1.63. The van der Waals surface area contributed by atoms with Crippen LogP contribution in [-0.2, 0) is 7.05 Å². The maximum absolute atomic E-state index is 12.5. The van der Waals surface area contributed by atoms with Gasteiger partial charge in [-0.25, -0.2) is 4.98 Å². The Labute approximate surface area is 157 Å². The third-order valence-corrected chi connectivity index (χ3v) is 5.00. The molecule has 4 heterocycles. The van der Waals surface area contributed by atoms with Crippen LogP contribution in [0.1, 0.15) is 6.92 Å². The summed E-state index contributed by atoms with van der Waals surface area (Å²) in [5, 5.41) is 0. The van der Waals surface area contributed by atoms with E-state index in [1.807, 2.05) is 36.7 Å². The molecule has 0 spiro atoms. The number of piperazine rings is 1. The number of rotatable bonds is 3. The van der Waals surface area contributed by atoms with Gasteiger partial charge in [0, 0.05) is 74.8 Å². The first kappa shape index (κ1) is 17.2. The Kier molecular flexibility index (Phi) is 4.58. The molecule has 7 nitrogen and oxygen atoms in total. The van der Waals surface area contributed by atoms with Gasteiger partial charge in [0.15, 0.2) is 0 Å². The third kappa shape index (κ3) is 3.40. The molecule has 0 N–H and O–H groups in total. The van der Waals surface area contributed by atoms with Gasteiger partial charge in [-0.2, -0.15) is 0 Å². The molecule has 0 aromatic carbocycles. The van der Waals surface area contributed by atoms with E-state index in [1.165, 1.54) is 5.69 Å². The van der Waals surface area contributed by atoms with Crippen LogP contribution < -0.4 is 15.4 Å². The summed E-state index contributed by atoms with van der Waals surface area (Å²) in [5.74, 6) is 0.705. The van der Waals surface area contributed by atoms with Gasteiger partial charge in [-0.1, -0.05) is 0 Å². The first-order valence-corrected chi connectivity index (χ1v) is 9.03. The van der Waals surface area contributed by atoms with Crippen LogP contribution in [0.4, 0.5) is 11.6 Å². The highest BCUT2D eigenvalue weighted by Crippen LogP contribution is 2.23. The maximum atomic E-state index is 12.5. The summed E-state index contributed by atoms with van der Waals surface area (Å²) in [5.41, 5.74) is 2.69. The van der Waals surface area contributed by atoms with Crippen LogP contribution >= 0.6 is 0 Å². The van der Waals surface area contributed by atoms with Crippen molar-refractivity contribution in [2.75, 3.05) is 29.4 Å². The van der Waals surface area contributed by atoms with Crippen LogP contribution in [0.5, 0.6) is 0 Å². The first-order chi connectivity index (χ1) is 13.1. The molecule has 0 saturated carbocycles. The van der Waals surface area contributed by atoms with E-state index in [0.717, 1.165) is 25.2 Å². The summed E-state index contributed by atoms with van der Waals surface area (Å²) in [6, 6.07) is 9.60. The Hall–Kier alpha value is -3.22. The van der Waals surface area contributed by atoms with Crippen LogP contribution in [0, 0.1) is 0 Å². The summed E-state index contributed by atoms with van der Waals surface area (Å²) in [6.45, 7) is 4.69. The molecule has 1 aliphatic heterocycles. The van der Waals surface area contributed by atoms with Crippen molar-refractivity contribution in [1.82, 2.24) is 19.5 Å². The molecule has 1 atom stereocenters. The molecule has 3 aromatic rings. The highest BCUT2D eigenvalue weighted by Gasteiger charge is 2.27. The van der Waals surface area contributed by atoms with Crippen molar-refractivity contribution in [3.8, 4) is 11.3 Å². The minimum Gasteiger partial charge on any atom is -0.368 e. The van der Waals surface area contributed by atoms with Crippen LogP contribution in [0.15, 0.2) is 59.9 Å².